The van der Waals surface area contributed by atoms with Crippen molar-refractivity contribution in [3.05, 3.63) is 30.1 Å². The molecule has 1 aliphatic heterocycles. The summed E-state index contributed by atoms with van der Waals surface area (Å²) in [5.41, 5.74) is 6.67. The minimum Gasteiger partial charge on any atom is -0.409 e. The van der Waals surface area contributed by atoms with Gasteiger partial charge in [-0.15, -0.1) is 0 Å². The van der Waals surface area contributed by atoms with Crippen LogP contribution >= 0.6 is 0 Å². The van der Waals surface area contributed by atoms with Gasteiger partial charge in [0.05, 0.1) is 5.69 Å². The Hall–Kier alpha value is -1.62. The highest BCUT2D eigenvalue weighted by atomic mass is 16.4. The van der Waals surface area contributed by atoms with Crippen LogP contribution in [0.3, 0.4) is 0 Å². The third-order valence-electron chi connectivity index (χ3n) is 3.80. The first-order valence-corrected chi connectivity index (χ1v) is 6.24. The minimum absolute atomic E-state index is 0.171. The Morgan fingerprint density at radius 2 is 2.22 bits per heavy atom. The monoisotopic (exact) mass is 248 g/mol. The summed E-state index contributed by atoms with van der Waals surface area (Å²) in [4.78, 5) is 6.69. The van der Waals surface area contributed by atoms with Gasteiger partial charge in [-0.1, -0.05) is 18.1 Å². The van der Waals surface area contributed by atoms with Gasteiger partial charge in [-0.25, -0.2) is 0 Å². The summed E-state index contributed by atoms with van der Waals surface area (Å²) < 4.78 is 0. The molecule has 0 amide bonds. The van der Waals surface area contributed by atoms with Gasteiger partial charge >= 0.3 is 0 Å². The molecule has 18 heavy (non-hydrogen) atoms. The molecule has 2 heterocycles. The first kappa shape index (κ1) is 12.8. The van der Waals surface area contributed by atoms with E-state index in [1.807, 2.05) is 24.4 Å². The number of likely N-dealkylation sites (tertiary alicyclic amines) is 1. The molecule has 0 bridgehead atoms. The molecule has 1 saturated heterocycles. The van der Waals surface area contributed by atoms with Crippen LogP contribution in [-0.4, -0.2) is 34.0 Å². The first-order chi connectivity index (χ1) is 8.64. The maximum Gasteiger partial charge on any atom is 0.145 e. The summed E-state index contributed by atoms with van der Waals surface area (Å²) in [7, 11) is 0. The van der Waals surface area contributed by atoms with Crippen LogP contribution in [0.25, 0.3) is 0 Å². The van der Waals surface area contributed by atoms with E-state index < -0.39 is 0 Å². The second-order valence-corrected chi connectivity index (χ2v) is 5.14. The molecule has 3 N–H and O–H groups in total. The summed E-state index contributed by atoms with van der Waals surface area (Å²) in [5.74, 6) is 0.347. The van der Waals surface area contributed by atoms with Crippen LogP contribution in [-0.2, 0) is 6.54 Å². The van der Waals surface area contributed by atoms with E-state index in [1.54, 1.807) is 0 Å². The Kier molecular flexibility index (Phi) is 3.81. The van der Waals surface area contributed by atoms with Gasteiger partial charge < -0.3 is 10.9 Å². The van der Waals surface area contributed by atoms with E-state index >= 15 is 0 Å². The highest BCUT2D eigenvalue weighted by Crippen LogP contribution is 2.31. The summed E-state index contributed by atoms with van der Waals surface area (Å²) in [5, 5.41) is 11.9. The highest BCUT2D eigenvalue weighted by molar-refractivity contribution is 5.85. The summed E-state index contributed by atoms with van der Waals surface area (Å²) >= 11 is 0. The van der Waals surface area contributed by atoms with Crippen LogP contribution in [0.2, 0.25) is 0 Å². The molecule has 1 fully saturated rings. The van der Waals surface area contributed by atoms with Crippen LogP contribution in [0, 0.1) is 5.41 Å². The van der Waals surface area contributed by atoms with Gasteiger partial charge in [-0.3, -0.25) is 9.88 Å². The standard InChI is InChI=1S/C13H20N4O/c1-13(12(14)16-18)5-8-17(9-6-13)10-11-4-2-3-7-15-11/h2-4,7,18H,5-6,8-10H2,1H3,(H2,14,16). The van der Waals surface area contributed by atoms with Crippen molar-refractivity contribution in [2.45, 2.75) is 26.3 Å². The van der Waals surface area contributed by atoms with E-state index in [1.165, 1.54) is 0 Å². The van der Waals surface area contributed by atoms with Crippen molar-refractivity contribution in [3.63, 3.8) is 0 Å². The van der Waals surface area contributed by atoms with Crippen molar-refractivity contribution in [3.8, 4) is 0 Å². The second kappa shape index (κ2) is 5.35. The molecular weight excluding hydrogens is 228 g/mol. The number of hydrogen-bond donors (Lipinski definition) is 2. The van der Waals surface area contributed by atoms with E-state index in [-0.39, 0.29) is 5.41 Å². The lowest BCUT2D eigenvalue weighted by molar-refractivity contribution is 0.151. The Labute approximate surface area is 107 Å². The molecule has 0 unspecified atom stereocenters. The van der Waals surface area contributed by atoms with Gasteiger partial charge in [0.1, 0.15) is 5.84 Å². The molecule has 5 heteroatoms. The first-order valence-electron chi connectivity index (χ1n) is 6.24. The third kappa shape index (κ3) is 2.79. The molecule has 98 valence electrons. The average molecular weight is 248 g/mol. The SMILES string of the molecule is CC1(/C(N)=N/O)CCN(Cc2ccccn2)CC1. The summed E-state index contributed by atoms with van der Waals surface area (Å²) in [6, 6.07) is 5.97. The van der Waals surface area contributed by atoms with Crippen LogP contribution in [0.15, 0.2) is 29.6 Å². The van der Waals surface area contributed by atoms with Crippen LogP contribution in [0.5, 0.6) is 0 Å². The van der Waals surface area contributed by atoms with E-state index in [4.69, 9.17) is 10.9 Å². The molecule has 1 aromatic heterocycles. The van der Waals surface area contributed by atoms with E-state index in [0.29, 0.717) is 5.84 Å². The zero-order valence-corrected chi connectivity index (χ0v) is 10.7. The Morgan fingerprint density at radius 1 is 1.50 bits per heavy atom. The topological polar surface area (TPSA) is 74.7 Å². The van der Waals surface area contributed by atoms with Gasteiger partial charge in [0, 0.05) is 18.2 Å². The predicted octanol–water partition coefficient (Wildman–Crippen LogP) is 1.43. The van der Waals surface area contributed by atoms with Gasteiger partial charge in [0.15, 0.2) is 0 Å². The molecule has 1 aliphatic rings. The number of hydrogen-bond acceptors (Lipinski definition) is 4. The normalized spacial score (nSPS) is 20.8. The number of aromatic nitrogens is 1. The minimum atomic E-state index is -0.171. The van der Waals surface area contributed by atoms with Crippen LogP contribution in [0.4, 0.5) is 0 Å². The molecule has 0 spiro atoms. The molecule has 0 aliphatic carbocycles. The molecule has 0 atom stereocenters. The van der Waals surface area contributed by atoms with Crippen LogP contribution in [0.1, 0.15) is 25.5 Å². The van der Waals surface area contributed by atoms with Crippen molar-refractivity contribution in [2.75, 3.05) is 13.1 Å². The molecule has 5 nitrogen and oxygen atoms in total. The fraction of sp³-hybridized carbons (Fsp3) is 0.538. The van der Waals surface area contributed by atoms with Gasteiger partial charge in [-0.05, 0) is 38.1 Å². The lowest BCUT2D eigenvalue weighted by Gasteiger charge is -2.38. The summed E-state index contributed by atoms with van der Waals surface area (Å²) in [6.07, 6.45) is 3.64. The zero-order chi connectivity index (χ0) is 13.0. The molecule has 1 aromatic rings. The fourth-order valence-corrected chi connectivity index (χ4v) is 2.30. The number of nitrogens with zero attached hydrogens (tertiary/aromatic N) is 3. The highest BCUT2D eigenvalue weighted by Gasteiger charge is 2.34. The van der Waals surface area contributed by atoms with Gasteiger partial charge in [0.25, 0.3) is 0 Å². The lowest BCUT2D eigenvalue weighted by atomic mass is 9.79. The van der Waals surface area contributed by atoms with Crippen molar-refractivity contribution < 1.29 is 5.21 Å². The number of rotatable bonds is 3. The largest absolute Gasteiger partial charge is 0.409 e. The molecule has 0 aromatic carbocycles. The van der Waals surface area contributed by atoms with Gasteiger partial charge in [0.2, 0.25) is 0 Å². The Balaban J connectivity index is 1.91. The van der Waals surface area contributed by atoms with E-state index in [0.717, 1.165) is 38.2 Å². The number of nitrogens with two attached hydrogens (primary N) is 1. The molecule has 2 rings (SSSR count). The maximum absolute atomic E-state index is 8.79. The van der Waals surface area contributed by atoms with E-state index in [9.17, 15) is 0 Å². The summed E-state index contributed by atoms with van der Waals surface area (Å²) in [6.45, 7) is 4.82. The van der Waals surface area contributed by atoms with Crippen LogP contribution < -0.4 is 5.73 Å². The quantitative estimate of drug-likeness (QED) is 0.367. The number of oxime groups is 1. The third-order valence-corrected chi connectivity index (χ3v) is 3.80. The molecule has 0 saturated carbocycles. The maximum atomic E-state index is 8.79. The smallest absolute Gasteiger partial charge is 0.145 e. The van der Waals surface area contributed by atoms with Crippen molar-refractivity contribution in [1.29, 1.82) is 0 Å². The van der Waals surface area contributed by atoms with Crippen molar-refractivity contribution >= 4 is 5.84 Å². The van der Waals surface area contributed by atoms with E-state index in [2.05, 4.69) is 22.0 Å². The van der Waals surface area contributed by atoms with Crippen molar-refractivity contribution in [1.82, 2.24) is 9.88 Å². The Bertz CT molecular complexity index is 410. The lowest BCUT2D eigenvalue weighted by Crippen LogP contribution is -2.45. The second-order valence-electron chi connectivity index (χ2n) is 5.14. The Morgan fingerprint density at radius 3 is 2.78 bits per heavy atom. The zero-order valence-electron chi connectivity index (χ0n) is 10.7. The predicted molar refractivity (Wildman–Crippen MR) is 70.3 cm³/mol. The number of pyridine rings is 1. The fourth-order valence-electron chi connectivity index (χ4n) is 2.30. The van der Waals surface area contributed by atoms with Crippen molar-refractivity contribution in [2.24, 2.45) is 16.3 Å². The number of piperidine rings is 1. The molecular formula is C13H20N4O. The number of amidine groups is 1. The molecule has 0 radical (unpaired) electrons. The van der Waals surface area contributed by atoms with Gasteiger partial charge in [-0.2, -0.15) is 0 Å². The average Bonchev–Trinajstić information content (AvgIpc) is 2.42.